The van der Waals surface area contributed by atoms with Crippen LogP contribution < -0.4 is 15.4 Å². The number of phenolic OH excluding ortho intramolecular Hbond substituents is 1. The van der Waals surface area contributed by atoms with E-state index >= 15 is 0 Å². The predicted molar refractivity (Wildman–Crippen MR) is 115 cm³/mol. The van der Waals surface area contributed by atoms with Crippen molar-refractivity contribution in [2.75, 3.05) is 19.8 Å². The van der Waals surface area contributed by atoms with Gasteiger partial charge in [-0.25, -0.2) is 9.38 Å². The van der Waals surface area contributed by atoms with Gasteiger partial charge < -0.3 is 25.2 Å². The van der Waals surface area contributed by atoms with E-state index in [1.165, 1.54) is 12.1 Å². The molecule has 1 unspecified atom stereocenters. The third-order valence-electron chi connectivity index (χ3n) is 4.89. The van der Waals surface area contributed by atoms with Crippen LogP contribution in [0, 0.1) is 12.7 Å². The Hall–Kier alpha value is -2.80. The third-order valence-corrected chi connectivity index (χ3v) is 4.89. The zero-order valence-electron chi connectivity index (χ0n) is 17.6. The van der Waals surface area contributed by atoms with Gasteiger partial charge in [0, 0.05) is 25.3 Å². The van der Waals surface area contributed by atoms with Crippen molar-refractivity contribution >= 4 is 5.96 Å². The molecule has 3 rings (SSSR count). The van der Waals surface area contributed by atoms with E-state index in [-0.39, 0.29) is 11.9 Å². The highest BCUT2D eigenvalue weighted by Crippen LogP contribution is 2.22. The highest BCUT2D eigenvalue weighted by molar-refractivity contribution is 5.79. The Kier molecular flexibility index (Phi) is 7.90. The van der Waals surface area contributed by atoms with Gasteiger partial charge in [-0.3, -0.25) is 0 Å². The van der Waals surface area contributed by atoms with Gasteiger partial charge in [0.2, 0.25) is 0 Å². The van der Waals surface area contributed by atoms with Crippen LogP contribution in [0.25, 0.3) is 0 Å². The number of aryl methyl sites for hydroxylation is 1. The number of rotatable bonds is 8. The predicted octanol–water partition coefficient (Wildman–Crippen LogP) is 3.65. The molecule has 1 fully saturated rings. The van der Waals surface area contributed by atoms with Gasteiger partial charge in [0.25, 0.3) is 0 Å². The smallest absolute Gasteiger partial charge is 0.191 e. The molecule has 6 nitrogen and oxygen atoms in total. The molecular formula is C23H30FN3O3. The maximum atomic E-state index is 13.5. The fourth-order valence-electron chi connectivity index (χ4n) is 3.24. The van der Waals surface area contributed by atoms with Crippen molar-refractivity contribution in [3.63, 3.8) is 0 Å². The molecule has 7 heteroatoms. The van der Waals surface area contributed by atoms with Crippen molar-refractivity contribution in [2.45, 2.75) is 45.9 Å². The Labute approximate surface area is 177 Å². The molecular weight excluding hydrogens is 385 g/mol. The summed E-state index contributed by atoms with van der Waals surface area (Å²) < 4.78 is 25.2. The van der Waals surface area contributed by atoms with Crippen LogP contribution in [0.1, 0.15) is 36.5 Å². The van der Waals surface area contributed by atoms with E-state index in [9.17, 15) is 9.50 Å². The lowest BCUT2D eigenvalue weighted by atomic mass is 10.1. The highest BCUT2D eigenvalue weighted by Gasteiger charge is 2.17. The largest absolute Gasteiger partial charge is 0.505 e. The molecule has 0 amide bonds. The number of phenols is 1. The molecule has 1 atom stereocenters. The van der Waals surface area contributed by atoms with Crippen LogP contribution in [0.2, 0.25) is 0 Å². The molecule has 0 radical (unpaired) electrons. The summed E-state index contributed by atoms with van der Waals surface area (Å²) in [6, 6.07) is 10.4. The molecule has 0 spiro atoms. The molecule has 1 aliphatic heterocycles. The minimum atomic E-state index is -0.645. The summed E-state index contributed by atoms with van der Waals surface area (Å²) in [6.07, 6.45) is 2.29. The van der Waals surface area contributed by atoms with Gasteiger partial charge in [-0.2, -0.15) is 0 Å². The first kappa shape index (κ1) is 21.9. The molecule has 2 aromatic carbocycles. The van der Waals surface area contributed by atoms with E-state index < -0.39 is 5.82 Å². The van der Waals surface area contributed by atoms with Gasteiger partial charge in [-0.1, -0.05) is 18.2 Å². The second-order valence-electron chi connectivity index (χ2n) is 7.39. The number of ether oxygens (including phenoxy) is 2. The molecule has 0 bridgehead atoms. The summed E-state index contributed by atoms with van der Waals surface area (Å²) in [4.78, 5) is 4.51. The van der Waals surface area contributed by atoms with Crippen molar-refractivity contribution in [1.29, 1.82) is 0 Å². The second kappa shape index (κ2) is 10.8. The Morgan fingerprint density at radius 1 is 1.27 bits per heavy atom. The van der Waals surface area contributed by atoms with E-state index in [4.69, 9.17) is 9.47 Å². The van der Waals surface area contributed by atoms with Crippen LogP contribution in [0.3, 0.4) is 0 Å². The highest BCUT2D eigenvalue weighted by atomic mass is 19.1. The monoisotopic (exact) mass is 415 g/mol. The minimum Gasteiger partial charge on any atom is -0.505 e. The second-order valence-corrected chi connectivity index (χ2v) is 7.39. The van der Waals surface area contributed by atoms with Gasteiger partial charge in [0.1, 0.15) is 12.4 Å². The number of benzene rings is 2. The number of guanidine groups is 1. The molecule has 30 heavy (non-hydrogen) atoms. The van der Waals surface area contributed by atoms with Gasteiger partial charge in [0.15, 0.2) is 17.5 Å². The van der Waals surface area contributed by atoms with Crippen LogP contribution in [0.4, 0.5) is 4.39 Å². The maximum absolute atomic E-state index is 13.5. The molecule has 3 N–H and O–H groups in total. The topological polar surface area (TPSA) is 75.1 Å². The zero-order chi connectivity index (χ0) is 21.3. The molecule has 162 valence electrons. The number of hydrogen-bond donors (Lipinski definition) is 3. The van der Waals surface area contributed by atoms with Crippen molar-refractivity contribution in [2.24, 2.45) is 4.99 Å². The summed E-state index contributed by atoms with van der Waals surface area (Å²) >= 11 is 0. The Morgan fingerprint density at radius 2 is 2.13 bits per heavy atom. The number of aliphatic imine (C=N–C) groups is 1. The van der Waals surface area contributed by atoms with Crippen LogP contribution >= 0.6 is 0 Å². The van der Waals surface area contributed by atoms with Crippen LogP contribution in [-0.2, 0) is 17.8 Å². The fraction of sp³-hybridized carbons (Fsp3) is 0.435. The normalized spacial score (nSPS) is 16.5. The first-order valence-electron chi connectivity index (χ1n) is 10.4. The Morgan fingerprint density at radius 3 is 2.87 bits per heavy atom. The van der Waals surface area contributed by atoms with Crippen molar-refractivity contribution in [3.05, 3.63) is 58.9 Å². The molecule has 1 saturated heterocycles. The van der Waals surface area contributed by atoms with E-state index in [1.54, 1.807) is 6.07 Å². The summed E-state index contributed by atoms with van der Waals surface area (Å²) in [7, 11) is 0. The van der Waals surface area contributed by atoms with Gasteiger partial charge >= 0.3 is 0 Å². The first-order chi connectivity index (χ1) is 14.5. The van der Waals surface area contributed by atoms with E-state index in [1.807, 2.05) is 26.0 Å². The summed E-state index contributed by atoms with van der Waals surface area (Å²) in [5.41, 5.74) is 2.84. The fourth-order valence-corrected chi connectivity index (χ4v) is 3.24. The van der Waals surface area contributed by atoms with Gasteiger partial charge in [-0.15, -0.1) is 0 Å². The average molecular weight is 416 g/mol. The Bertz CT molecular complexity index is 867. The van der Waals surface area contributed by atoms with Crippen molar-refractivity contribution in [1.82, 2.24) is 10.6 Å². The molecule has 0 aromatic heterocycles. The average Bonchev–Trinajstić information content (AvgIpc) is 3.25. The molecule has 0 saturated carbocycles. The molecule has 1 aliphatic rings. The summed E-state index contributed by atoms with van der Waals surface area (Å²) in [5.74, 6) is 0.460. The van der Waals surface area contributed by atoms with Crippen LogP contribution in [0.15, 0.2) is 41.4 Å². The van der Waals surface area contributed by atoms with E-state index in [2.05, 4.69) is 21.7 Å². The van der Waals surface area contributed by atoms with Crippen LogP contribution in [0.5, 0.6) is 11.5 Å². The third kappa shape index (κ3) is 6.35. The van der Waals surface area contributed by atoms with E-state index in [0.717, 1.165) is 36.3 Å². The SMILES string of the molecule is CCNC(=NCc1ccc(O)c(F)c1)NCc1ccc(C)cc1OCC1CCCO1. The molecule has 0 aliphatic carbocycles. The standard InChI is InChI=1S/C23H30FN3O3/c1-3-25-23(26-13-17-7-9-21(28)20(24)12-17)27-14-18-8-6-16(2)11-22(18)30-15-19-5-4-10-29-19/h6-9,11-12,19,28H,3-5,10,13-15H2,1-2H3,(H2,25,26,27). The first-order valence-corrected chi connectivity index (χ1v) is 10.4. The van der Waals surface area contributed by atoms with Crippen molar-refractivity contribution < 1.29 is 19.0 Å². The number of hydrogen-bond acceptors (Lipinski definition) is 4. The number of aromatic hydroxyl groups is 1. The lowest BCUT2D eigenvalue weighted by Gasteiger charge is -2.17. The summed E-state index contributed by atoms with van der Waals surface area (Å²) in [5, 5.41) is 15.8. The Balaban J connectivity index is 1.63. The van der Waals surface area contributed by atoms with Gasteiger partial charge in [-0.05, 0) is 56.0 Å². The summed E-state index contributed by atoms with van der Waals surface area (Å²) in [6.45, 7) is 6.92. The van der Waals surface area contributed by atoms with Crippen molar-refractivity contribution in [3.8, 4) is 11.5 Å². The number of nitrogens with one attached hydrogen (secondary N) is 2. The lowest BCUT2D eigenvalue weighted by Crippen LogP contribution is -2.36. The number of nitrogens with zero attached hydrogens (tertiary/aromatic N) is 1. The van der Waals surface area contributed by atoms with Crippen LogP contribution in [-0.4, -0.2) is 36.9 Å². The zero-order valence-corrected chi connectivity index (χ0v) is 17.6. The molecule has 2 aromatic rings. The quantitative estimate of drug-likeness (QED) is 0.453. The lowest BCUT2D eigenvalue weighted by molar-refractivity contribution is 0.0676. The minimum absolute atomic E-state index is 0.163. The van der Waals surface area contributed by atoms with E-state index in [0.29, 0.717) is 37.8 Å². The van der Waals surface area contributed by atoms with Gasteiger partial charge in [0.05, 0.1) is 12.6 Å². The molecule has 1 heterocycles. The maximum Gasteiger partial charge on any atom is 0.191 e. The number of halogens is 1.